The number of likely N-dealkylation sites (N-methyl/N-ethyl adjacent to an activating group) is 1. The van der Waals surface area contributed by atoms with Crippen LogP contribution in [0.3, 0.4) is 0 Å². The number of aromatic nitrogens is 5. The predicted molar refractivity (Wildman–Crippen MR) is 83.2 cm³/mol. The summed E-state index contributed by atoms with van der Waals surface area (Å²) in [5, 5.41) is 18.6. The molecule has 3 heterocycles. The molecule has 0 spiro atoms. The fourth-order valence-electron chi connectivity index (χ4n) is 2.73. The van der Waals surface area contributed by atoms with E-state index in [2.05, 4.69) is 15.3 Å². The number of aromatic amines is 1. The van der Waals surface area contributed by atoms with Gasteiger partial charge in [0, 0.05) is 44.5 Å². The predicted octanol–water partition coefficient (Wildman–Crippen LogP) is -1.19. The van der Waals surface area contributed by atoms with Crippen molar-refractivity contribution >= 4 is 0 Å². The van der Waals surface area contributed by atoms with Crippen molar-refractivity contribution in [3.63, 3.8) is 0 Å². The number of aryl methyl sites for hydroxylation is 1. The maximum atomic E-state index is 12.0. The van der Waals surface area contributed by atoms with Crippen LogP contribution >= 0.6 is 0 Å². The first-order valence-electron chi connectivity index (χ1n) is 7.69. The summed E-state index contributed by atoms with van der Waals surface area (Å²) in [6.45, 7) is 2.22. The van der Waals surface area contributed by atoms with Crippen LogP contribution < -0.4 is 11.2 Å². The molecule has 0 saturated carbocycles. The van der Waals surface area contributed by atoms with E-state index in [0.717, 1.165) is 5.69 Å². The van der Waals surface area contributed by atoms with Gasteiger partial charge < -0.3 is 5.11 Å². The summed E-state index contributed by atoms with van der Waals surface area (Å²) < 4.78 is 3.09. The van der Waals surface area contributed by atoms with Gasteiger partial charge in [-0.3, -0.25) is 23.9 Å². The van der Waals surface area contributed by atoms with Gasteiger partial charge in [0.25, 0.3) is 5.56 Å². The Hall–Kier alpha value is -2.30. The lowest BCUT2D eigenvalue weighted by Gasteiger charge is -2.16. The number of nitrogens with one attached hydrogen (secondary N) is 1. The van der Waals surface area contributed by atoms with Gasteiger partial charge >= 0.3 is 5.69 Å². The second-order valence-electron chi connectivity index (χ2n) is 5.88. The van der Waals surface area contributed by atoms with Crippen LogP contribution in [0.1, 0.15) is 23.9 Å². The normalized spacial score (nSPS) is 21.5. The number of aliphatic hydroxyl groups excluding tert-OH is 1. The lowest BCUT2D eigenvalue weighted by atomic mass is 10.2. The van der Waals surface area contributed by atoms with E-state index < -0.39 is 17.5 Å². The van der Waals surface area contributed by atoms with Crippen LogP contribution in [0.15, 0.2) is 22.0 Å². The van der Waals surface area contributed by atoms with E-state index in [1.165, 1.54) is 10.8 Å². The van der Waals surface area contributed by atoms with Crippen molar-refractivity contribution in [2.45, 2.75) is 38.6 Å². The Morgan fingerprint density at radius 1 is 1.42 bits per heavy atom. The Labute approximate surface area is 137 Å². The van der Waals surface area contributed by atoms with Gasteiger partial charge in [0.2, 0.25) is 0 Å². The lowest BCUT2D eigenvalue weighted by molar-refractivity contribution is -0.168. The van der Waals surface area contributed by atoms with E-state index in [1.807, 2.05) is 0 Å². The molecule has 10 heteroatoms. The molecule has 0 unspecified atom stereocenters. The highest BCUT2D eigenvalue weighted by atomic mass is 16.7. The lowest BCUT2D eigenvalue weighted by Crippen LogP contribution is -2.33. The van der Waals surface area contributed by atoms with Gasteiger partial charge in [-0.1, -0.05) is 5.21 Å². The fourth-order valence-corrected chi connectivity index (χ4v) is 2.73. The van der Waals surface area contributed by atoms with Crippen molar-refractivity contribution < 1.29 is 9.94 Å². The SMILES string of the molecule is Cc1cn([C@@H]2C[C@H](Cn3cc(CCO)nn3)N(C)O2)c(=O)[nH]c1=O. The molecule has 2 N–H and O–H groups in total. The minimum absolute atomic E-state index is 0.00203. The molecular weight excluding hydrogens is 316 g/mol. The smallest absolute Gasteiger partial charge is 0.330 e. The van der Waals surface area contributed by atoms with Gasteiger partial charge in [0.1, 0.15) is 0 Å². The first-order chi connectivity index (χ1) is 11.5. The Kier molecular flexibility index (Phi) is 4.60. The standard InChI is InChI=1S/C14H20N6O4/c1-9-6-20(14(23)15-13(9)22)12-5-11(18(2)24-12)8-19-7-10(3-4-21)16-17-19/h6-7,11-12,21H,3-5,8H2,1-2H3,(H,15,22,23)/t11-,12+/m1/s1. The Morgan fingerprint density at radius 3 is 2.96 bits per heavy atom. The maximum absolute atomic E-state index is 12.0. The molecular formula is C14H20N6O4. The van der Waals surface area contributed by atoms with Crippen LogP contribution in [0.25, 0.3) is 0 Å². The first kappa shape index (κ1) is 16.6. The summed E-state index contributed by atoms with van der Waals surface area (Å²) in [4.78, 5) is 31.5. The second kappa shape index (κ2) is 6.67. The van der Waals surface area contributed by atoms with Crippen molar-refractivity contribution in [1.29, 1.82) is 0 Å². The zero-order valence-corrected chi connectivity index (χ0v) is 13.5. The first-order valence-corrected chi connectivity index (χ1v) is 7.69. The van der Waals surface area contributed by atoms with Gasteiger partial charge in [-0.25, -0.2) is 4.79 Å². The van der Waals surface area contributed by atoms with Gasteiger partial charge in [-0.05, 0) is 6.92 Å². The molecule has 24 heavy (non-hydrogen) atoms. The molecule has 1 saturated heterocycles. The topological polar surface area (TPSA) is 118 Å². The summed E-state index contributed by atoms with van der Waals surface area (Å²) in [6.07, 6.45) is 3.84. The van der Waals surface area contributed by atoms with Crippen LogP contribution in [0, 0.1) is 6.92 Å². The molecule has 2 atom stereocenters. The quantitative estimate of drug-likeness (QED) is 0.704. The number of H-pyrrole nitrogens is 1. The van der Waals surface area contributed by atoms with Gasteiger partial charge in [0.15, 0.2) is 6.23 Å². The maximum Gasteiger partial charge on any atom is 0.330 e. The summed E-state index contributed by atoms with van der Waals surface area (Å²) in [7, 11) is 1.79. The highest BCUT2D eigenvalue weighted by molar-refractivity contribution is 5.01. The molecule has 130 valence electrons. The van der Waals surface area contributed by atoms with Crippen molar-refractivity contribution in [1.82, 2.24) is 29.6 Å². The van der Waals surface area contributed by atoms with Crippen LogP contribution in [0.5, 0.6) is 0 Å². The Balaban J connectivity index is 1.73. The number of hydrogen-bond donors (Lipinski definition) is 2. The molecule has 2 aromatic heterocycles. The molecule has 0 radical (unpaired) electrons. The van der Waals surface area contributed by atoms with Gasteiger partial charge in [-0.15, -0.1) is 5.10 Å². The molecule has 0 amide bonds. The molecule has 0 aliphatic carbocycles. The molecule has 1 aliphatic rings. The minimum Gasteiger partial charge on any atom is -0.396 e. The van der Waals surface area contributed by atoms with E-state index in [9.17, 15) is 9.59 Å². The highest BCUT2D eigenvalue weighted by Crippen LogP contribution is 2.27. The fraction of sp³-hybridized carbons (Fsp3) is 0.571. The van der Waals surface area contributed by atoms with E-state index in [-0.39, 0.29) is 12.6 Å². The number of hydroxylamine groups is 2. The molecule has 1 aliphatic heterocycles. The van der Waals surface area contributed by atoms with E-state index in [1.54, 1.807) is 29.9 Å². The Morgan fingerprint density at radius 2 is 2.21 bits per heavy atom. The van der Waals surface area contributed by atoms with Crippen LogP contribution in [-0.2, 0) is 17.8 Å². The third kappa shape index (κ3) is 3.30. The Bertz CT molecular complexity index is 825. The number of rotatable bonds is 5. The van der Waals surface area contributed by atoms with Crippen molar-refractivity contribution in [3.8, 4) is 0 Å². The molecule has 1 fully saturated rings. The van der Waals surface area contributed by atoms with Crippen LogP contribution in [0.4, 0.5) is 0 Å². The zero-order chi connectivity index (χ0) is 17.3. The van der Waals surface area contributed by atoms with E-state index in [4.69, 9.17) is 9.94 Å². The molecule has 0 aromatic carbocycles. The molecule has 10 nitrogen and oxygen atoms in total. The van der Waals surface area contributed by atoms with Gasteiger partial charge in [0.05, 0.1) is 18.3 Å². The number of hydrogen-bond acceptors (Lipinski definition) is 7. The van der Waals surface area contributed by atoms with E-state index in [0.29, 0.717) is 24.9 Å². The largest absolute Gasteiger partial charge is 0.396 e. The summed E-state index contributed by atoms with van der Waals surface area (Å²) >= 11 is 0. The van der Waals surface area contributed by atoms with Crippen molar-refractivity contribution in [2.24, 2.45) is 0 Å². The van der Waals surface area contributed by atoms with Gasteiger partial charge in [-0.2, -0.15) is 5.06 Å². The average Bonchev–Trinajstić information content (AvgIpc) is 3.11. The van der Waals surface area contributed by atoms with Crippen LogP contribution in [0.2, 0.25) is 0 Å². The monoisotopic (exact) mass is 336 g/mol. The summed E-state index contributed by atoms with van der Waals surface area (Å²) in [5.41, 5.74) is 0.297. The van der Waals surface area contributed by atoms with Crippen molar-refractivity contribution in [2.75, 3.05) is 13.7 Å². The zero-order valence-electron chi connectivity index (χ0n) is 13.5. The number of aliphatic hydroxyl groups is 1. The summed E-state index contributed by atoms with van der Waals surface area (Å²) in [5.74, 6) is 0. The van der Waals surface area contributed by atoms with E-state index >= 15 is 0 Å². The highest BCUT2D eigenvalue weighted by Gasteiger charge is 2.33. The summed E-state index contributed by atoms with van der Waals surface area (Å²) in [6, 6.07) is -0.00203. The van der Waals surface area contributed by atoms with Crippen molar-refractivity contribution in [3.05, 3.63) is 44.5 Å². The average molecular weight is 336 g/mol. The second-order valence-corrected chi connectivity index (χ2v) is 5.88. The molecule has 0 bridgehead atoms. The minimum atomic E-state index is -0.490. The molecule has 2 aromatic rings. The third-order valence-electron chi connectivity index (χ3n) is 4.08. The molecule has 3 rings (SSSR count). The van der Waals surface area contributed by atoms with Crippen LogP contribution in [-0.4, -0.2) is 54.4 Å². The third-order valence-corrected chi connectivity index (χ3v) is 4.08. The number of nitrogens with zero attached hydrogens (tertiary/aromatic N) is 5.